The molecule has 0 unspecified atom stereocenters. The first kappa shape index (κ1) is 21.4. The Kier molecular flexibility index (Phi) is 7.73. The van der Waals surface area contributed by atoms with Crippen molar-refractivity contribution in [3.05, 3.63) is 96.0 Å². The summed E-state index contributed by atoms with van der Waals surface area (Å²) in [6.07, 6.45) is 4.25. The lowest BCUT2D eigenvalue weighted by atomic mass is 10.2. The molecule has 0 atom stereocenters. The van der Waals surface area contributed by atoms with Crippen LogP contribution in [0.3, 0.4) is 0 Å². The summed E-state index contributed by atoms with van der Waals surface area (Å²) in [4.78, 5) is 27.8. The molecule has 0 aliphatic heterocycles. The zero-order chi connectivity index (χ0) is 21.2. The van der Waals surface area contributed by atoms with E-state index in [2.05, 4.69) is 11.5 Å². The minimum absolute atomic E-state index is 0.0222. The van der Waals surface area contributed by atoms with Crippen LogP contribution in [0.15, 0.2) is 84.9 Å². The van der Waals surface area contributed by atoms with Crippen LogP contribution < -0.4 is 9.68 Å². The lowest BCUT2D eigenvalue weighted by Crippen LogP contribution is -2.04. The van der Waals surface area contributed by atoms with Gasteiger partial charge in [-0.25, -0.2) is 9.59 Å². The third-order valence-electron chi connectivity index (χ3n) is 3.65. The van der Waals surface area contributed by atoms with Gasteiger partial charge in [-0.1, -0.05) is 6.58 Å². The van der Waals surface area contributed by atoms with E-state index in [1.54, 1.807) is 31.2 Å². The highest BCUT2D eigenvalue weighted by molar-refractivity contribution is 5.91. The second-order valence-corrected chi connectivity index (χ2v) is 5.66. The number of halogens is 1. The highest BCUT2D eigenvalue weighted by atomic mass is 19.3. The van der Waals surface area contributed by atoms with Crippen LogP contribution in [-0.4, -0.2) is 19.0 Å². The van der Waals surface area contributed by atoms with E-state index in [9.17, 15) is 14.1 Å². The van der Waals surface area contributed by atoms with Crippen molar-refractivity contribution in [1.82, 2.24) is 0 Å². The van der Waals surface area contributed by atoms with E-state index in [-0.39, 0.29) is 22.8 Å². The Bertz CT molecular complexity index is 927. The van der Waals surface area contributed by atoms with Crippen LogP contribution >= 0.6 is 0 Å². The van der Waals surface area contributed by atoms with Gasteiger partial charge >= 0.3 is 11.9 Å². The summed E-state index contributed by atoms with van der Waals surface area (Å²) in [5, 5.41) is 0. The topological polar surface area (TPSA) is 71.1 Å². The molecule has 0 spiro atoms. The van der Waals surface area contributed by atoms with Crippen molar-refractivity contribution in [3.63, 3.8) is 0 Å². The van der Waals surface area contributed by atoms with Gasteiger partial charge in [0.25, 0.3) is 0 Å². The number of benzene rings is 2. The van der Waals surface area contributed by atoms with Crippen LogP contribution in [0.1, 0.15) is 27.6 Å². The number of esters is 2. The van der Waals surface area contributed by atoms with Crippen LogP contribution in [-0.2, 0) is 9.47 Å². The molecule has 0 aliphatic carbocycles. The maximum absolute atomic E-state index is 12.2. The number of hydrogen-bond acceptors (Lipinski definition) is 6. The summed E-state index contributed by atoms with van der Waals surface area (Å²) in [5.74, 6) is -0.185. The normalized spacial score (nSPS) is 11.4. The van der Waals surface area contributed by atoms with Crippen molar-refractivity contribution in [2.45, 2.75) is 6.92 Å². The molecule has 0 saturated carbocycles. The van der Waals surface area contributed by atoms with Crippen LogP contribution in [0, 0.1) is 0 Å². The molecule has 2 aromatic carbocycles. The summed E-state index contributed by atoms with van der Waals surface area (Å²) in [6, 6.07) is 11.8. The fourth-order valence-electron chi connectivity index (χ4n) is 2.12. The first-order valence-electron chi connectivity index (χ1n) is 8.45. The largest absolute Gasteiger partial charge is 0.497 e. The quantitative estimate of drug-likeness (QED) is 0.356. The predicted octanol–water partition coefficient (Wildman–Crippen LogP) is 4.95. The minimum Gasteiger partial charge on any atom is -0.497 e. The Balaban J connectivity index is 2.00. The van der Waals surface area contributed by atoms with Crippen molar-refractivity contribution < 1.29 is 33.3 Å². The Morgan fingerprint density at radius 3 is 1.86 bits per heavy atom. The molecule has 7 heteroatoms. The number of carbonyl (C=O) groups is 2. The van der Waals surface area contributed by atoms with Crippen LogP contribution in [0.2, 0.25) is 0 Å². The predicted molar refractivity (Wildman–Crippen MR) is 104 cm³/mol. The minimum atomic E-state index is -0.632. The monoisotopic (exact) mass is 398 g/mol. The Morgan fingerprint density at radius 2 is 1.38 bits per heavy atom. The Hall–Kier alpha value is -3.87. The molecule has 6 nitrogen and oxygen atoms in total. The molecule has 150 valence electrons. The third-order valence-corrected chi connectivity index (χ3v) is 3.65. The summed E-state index contributed by atoms with van der Waals surface area (Å²) in [6.45, 7) is 5.15. The van der Waals surface area contributed by atoms with Crippen molar-refractivity contribution in [2.24, 2.45) is 0 Å². The summed E-state index contributed by atoms with van der Waals surface area (Å²) in [5.41, 5.74) is 0.559. The standard InChI is InChI=1S/C22H19FO6/c1-4-18(28-22(25)17-6-11-19(26-3)12-7-17)10-5-15(2)27-21(24)16-8-13-20(29-23)14-9-16/h4-14H,1H2,2-3H3/b15-5+,18-10+. The van der Waals surface area contributed by atoms with E-state index < -0.39 is 11.9 Å². The molecule has 0 amide bonds. The molecular formula is C22H19FO6. The first-order valence-corrected chi connectivity index (χ1v) is 8.45. The van der Waals surface area contributed by atoms with E-state index in [1.807, 2.05) is 0 Å². The SMILES string of the molecule is C=C/C(=C\C=C(/C)OC(=O)c1ccc(OF)cc1)OC(=O)c1ccc(OC)cc1. The van der Waals surface area contributed by atoms with Gasteiger partial charge in [-0.05, 0) is 73.7 Å². The van der Waals surface area contributed by atoms with Gasteiger partial charge in [0.2, 0.25) is 0 Å². The summed E-state index contributed by atoms with van der Waals surface area (Å²) < 4.78 is 27.5. The highest BCUT2D eigenvalue weighted by Crippen LogP contribution is 2.16. The smallest absolute Gasteiger partial charge is 0.343 e. The number of carbonyl (C=O) groups excluding carboxylic acids is 2. The van der Waals surface area contributed by atoms with Gasteiger partial charge in [0.15, 0.2) is 5.75 Å². The second kappa shape index (κ2) is 10.5. The van der Waals surface area contributed by atoms with E-state index in [0.717, 1.165) is 0 Å². The maximum atomic E-state index is 12.2. The van der Waals surface area contributed by atoms with Crippen LogP contribution in [0.25, 0.3) is 0 Å². The average molecular weight is 398 g/mol. The van der Waals surface area contributed by atoms with Crippen molar-refractivity contribution in [1.29, 1.82) is 0 Å². The summed E-state index contributed by atoms with van der Waals surface area (Å²) >= 11 is 0. The number of hydrogen-bond donors (Lipinski definition) is 0. The van der Waals surface area contributed by atoms with E-state index in [4.69, 9.17) is 14.2 Å². The lowest BCUT2D eigenvalue weighted by molar-refractivity contribution is -0.00623. The lowest BCUT2D eigenvalue weighted by Gasteiger charge is -2.06. The van der Waals surface area contributed by atoms with Gasteiger partial charge < -0.3 is 14.2 Å². The highest BCUT2D eigenvalue weighted by Gasteiger charge is 2.10. The fraction of sp³-hybridized carbons (Fsp3) is 0.0909. The molecular weight excluding hydrogens is 379 g/mol. The van der Waals surface area contributed by atoms with Crippen molar-refractivity contribution in [3.8, 4) is 11.5 Å². The molecule has 2 aromatic rings. The number of ether oxygens (including phenoxy) is 3. The van der Waals surface area contributed by atoms with Gasteiger partial charge in [0, 0.05) is 4.53 Å². The van der Waals surface area contributed by atoms with Crippen LogP contribution in [0.4, 0.5) is 4.53 Å². The second-order valence-electron chi connectivity index (χ2n) is 5.66. The Morgan fingerprint density at radius 1 is 0.862 bits per heavy atom. The van der Waals surface area contributed by atoms with Crippen LogP contribution in [0.5, 0.6) is 11.5 Å². The molecule has 0 radical (unpaired) electrons. The van der Waals surface area contributed by atoms with Gasteiger partial charge in [-0.15, -0.1) is 0 Å². The number of rotatable bonds is 8. The molecule has 0 saturated heterocycles. The zero-order valence-electron chi connectivity index (χ0n) is 15.9. The van der Waals surface area contributed by atoms with E-state index in [0.29, 0.717) is 11.3 Å². The van der Waals surface area contributed by atoms with Gasteiger partial charge in [-0.3, -0.25) is 4.94 Å². The van der Waals surface area contributed by atoms with E-state index >= 15 is 0 Å². The molecule has 0 N–H and O–H groups in total. The summed E-state index contributed by atoms with van der Waals surface area (Å²) in [7, 11) is 1.53. The molecule has 0 aliphatic rings. The molecule has 0 fully saturated rings. The van der Waals surface area contributed by atoms with Gasteiger partial charge in [-0.2, -0.15) is 0 Å². The molecule has 2 rings (SSSR count). The molecule has 0 aromatic heterocycles. The fourth-order valence-corrected chi connectivity index (χ4v) is 2.12. The first-order chi connectivity index (χ1) is 14.0. The Labute approximate surface area is 167 Å². The number of allylic oxidation sites excluding steroid dienone is 4. The van der Waals surface area contributed by atoms with Gasteiger partial charge in [0.1, 0.15) is 17.3 Å². The zero-order valence-corrected chi connectivity index (χ0v) is 15.9. The molecule has 29 heavy (non-hydrogen) atoms. The van der Waals surface area contributed by atoms with E-state index in [1.165, 1.54) is 49.6 Å². The third kappa shape index (κ3) is 6.35. The van der Waals surface area contributed by atoms with Crippen molar-refractivity contribution in [2.75, 3.05) is 7.11 Å². The average Bonchev–Trinajstić information content (AvgIpc) is 2.76. The number of methoxy groups -OCH3 is 1. The maximum Gasteiger partial charge on any atom is 0.343 e. The molecule has 0 bridgehead atoms. The van der Waals surface area contributed by atoms with Gasteiger partial charge in [0.05, 0.1) is 18.2 Å². The molecule has 0 heterocycles. The van der Waals surface area contributed by atoms with Crippen molar-refractivity contribution >= 4 is 11.9 Å².